The molecule has 22 heavy (non-hydrogen) atoms. The fraction of sp³-hybridized carbons (Fsp3) is 0.294. The maximum absolute atomic E-state index is 5.55. The third-order valence-electron chi connectivity index (χ3n) is 3.84. The van der Waals surface area contributed by atoms with E-state index in [2.05, 4.69) is 11.1 Å². The number of aromatic amines is 1. The van der Waals surface area contributed by atoms with Gasteiger partial charge in [0.05, 0.1) is 44.9 Å². The summed E-state index contributed by atoms with van der Waals surface area (Å²) in [5.41, 5.74) is 2.85. The second kappa shape index (κ2) is 5.33. The van der Waals surface area contributed by atoms with E-state index in [4.69, 9.17) is 18.9 Å². The third-order valence-corrected chi connectivity index (χ3v) is 3.84. The standard InChI is InChI=1S/C17H19NO4/c1-9-6-10-14-11(19-2)8-13(21-4)17(22-5)16(14)18-15(10)12(7-9)20-3/h6-8,18H,1-5H3. The van der Waals surface area contributed by atoms with Crippen LogP contribution in [0.4, 0.5) is 0 Å². The Hall–Kier alpha value is -2.56. The average molecular weight is 301 g/mol. The molecule has 3 aromatic rings. The van der Waals surface area contributed by atoms with E-state index in [1.807, 2.05) is 19.1 Å². The zero-order valence-electron chi connectivity index (χ0n) is 13.4. The quantitative estimate of drug-likeness (QED) is 0.799. The van der Waals surface area contributed by atoms with Crippen molar-refractivity contribution in [1.29, 1.82) is 0 Å². The predicted octanol–water partition coefficient (Wildman–Crippen LogP) is 3.66. The monoisotopic (exact) mass is 301 g/mol. The molecule has 0 spiro atoms. The zero-order chi connectivity index (χ0) is 15.9. The molecular formula is C17H19NO4. The highest BCUT2D eigenvalue weighted by Gasteiger charge is 2.20. The molecule has 1 N–H and O–H groups in total. The molecule has 0 aliphatic rings. The van der Waals surface area contributed by atoms with Crippen LogP contribution in [-0.4, -0.2) is 33.4 Å². The van der Waals surface area contributed by atoms with Crippen molar-refractivity contribution in [3.8, 4) is 23.0 Å². The molecule has 5 heteroatoms. The molecular weight excluding hydrogens is 282 g/mol. The smallest absolute Gasteiger partial charge is 0.185 e. The summed E-state index contributed by atoms with van der Waals surface area (Å²) in [6, 6.07) is 5.93. The molecule has 0 bridgehead atoms. The topological polar surface area (TPSA) is 52.7 Å². The molecule has 0 aliphatic carbocycles. The minimum atomic E-state index is 0.620. The number of benzene rings is 2. The van der Waals surface area contributed by atoms with Gasteiger partial charge in [-0.1, -0.05) is 0 Å². The summed E-state index contributed by atoms with van der Waals surface area (Å²) in [5, 5.41) is 1.99. The Morgan fingerprint density at radius 2 is 1.41 bits per heavy atom. The Morgan fingerprint density at radius 3 is 2.00 bits per heavy atom. The highest BCUT2D eigenvalue weighted by molar-refractivity contribution is 6.14. The number of aromatic nitrogens is 1. The van der Waals surface area contributed by atoms with E-state index in [0.29, 0.717) is 11.5 Å². The first-order valence-corrected chi connectivity index (χ1v) is 6.93. The van der Waals surface area contributed by atoms with Crippen molar-refractivity contribution in [1.82, 2.24) is 4.98 Å². The number of methoxy groups -OCH3 is 4. The van der Waals surface area contributed by atoms with Crippen molar-refractivity contribution in [3.63, 3.8) is 0 Å². The number of nitrogens with one attached hydrogen (secondary N) is 1. The lowest BCUT2D eigenvalue weighted by atomic mass is 10.1. The van der Waals surface area contributed by atoms with Gasteiger partial charge in [-0.15, -0.1) is 0 Å². The van der Waals surface area contributed by atoms with Gasteiger partial charge in [0.2, 0.25) is 0 Å². The highest BCUT2D eigenvalue weighted by atomic mass is 16.5. The molecule has 0 atom stereocenters. The summed E-state index contributed by atoms with van der Waals surface area (Å²) in [7, 11) is 6.54. The van der Waals surface area contributed by atoms with Crippen LogP contribution in [0.1, 0.15) is 5.56 Å². The Morgan fingerprint density at radius 1 is 0.727 bits per heavy atom. The first-order chi connectivity index (χ1) is 10.6. The van der Waals surface area contributed by atoms with Crippen LogP contribution in [0.5, 0.6) is 23.0 Å². The van der Waals surface area contributed by atoms with Crippen LogP contribution in [0.15, 0.2) is 18.2 Å². The number of hydrogen-bond acceptors (Lipinski definition) is 4. The lowest BCUT2D eigenvalue weighted by Gasteiger charge is -2.11. The van der Waals surface area contributed by atoms with Crippen LogP contribution in [0.2, 0.25) is 0 Å². The summed E-state index contributed by atoms with van der Waals surface area (Å²) < 4.78 is 22.0. The van der Waals surface area contributed by atoms with E-state index in [-0.39, 0.29) is 0 Å². The summed E-state index contributed by atoms with van der Waals surface area (Å²) >= 11 is 0. The molecule has 1 heterocycles. The van der Waals surface area contributed by atoms with Crippen molar-refractivity contribution in [2.24, 2.45) is 0 Å². The molecule has 3 rings (SSSR count). The van der Waals surface area contributed by atoms with Gasteiger partial charge < -0.3 is 23.9 Å². The van der Waals surface area contributed by atoms with E-state index in [1.165, 1.54) is 0 Å². The molecule has 0 amide bonds. The first-order valence-electron chi connectivity index (χ1n) is 6.93. The Bertz CT molecular complexity index is 851. The minimum absolute atomic E-state index is 0.620. The van der Waals surface area contributed by atoms with Gasteiger partial charge in [0.25, 0.3) is 0 Å². The fourth-order valence-electron chi connectivity index (χ4n) is 2.88. The minimum Gasteiger partial charge on any atom is -0.496 e. The molecule has 116 valence electrons. The van der Waals surface area contributed by atoms with Gasteiger partial charge in [-0.05, 0) is 24.6 Å². The largest absolute Gasteiger partial charge is 0.496 e. The Labute approximate surface area is 128 Å². The molecule has 0 radical (unpaired) electrons. The summed E-state index contributed by atoms with van der Waals surface area (Å²) in [4.78, 5) is 3.38. The number of fused-ring (bicyclic) bond motifs is 3. The number of aryl methyl sites for hydroxylation is 1. The van der Waals surface area contributed by atoms with Gasteiger partial charge in [0, 0.05) is 11.5 Å². The van der Waals surface area contributed by atoms with Gasteiger partial charge in [0.1, 0.15) is 11.5 Å². The number of H-pyrrole nitrogens is 1. The lowest BCUT2D eigenvalue weighted by molar-refractivity contribution is 0.353. The van der Waals surface area contributed by atoms with Gasteiger partial charge in [-0.25, -0.2) is 0 Å². The Kier molecular flexibility index (Phi) is 3.48. The van der Waals surface area contributed by atoms with Crippen molar-refractivity contribution in [3.05, 3.63) is 23.8 Å². The van der Waals surface area contributed by atoms with Crippen molar-refractivity contribution >= 4 is 21.8 Å². The molecule has 5 nitrogen and oxygen atoms in total. The predicted molar refractivity (Wildman–Crippen MR) is 86.7 cm³/mol. The van der Waals surface area contributed by atoms with Crippen LogP contribution >= 0.6 is 0 Å². The van der Waals surface area contributed by atoms with Crippen LogP contribution in [0.25, 0.3) is 21.8 Å². The normalized spacial score (nSPS) is 11.0. The van der Waals surface area contributed by atoms with Gasteiger partial charge in [0.15, 0.2) is 11.5 Å². The molecule has 2 aromatic carbocycles. The first kappa shape index (κ1) is 14.4. The van der Waals surface area contributed by atoms with Crippen LogP contribution in [0, 0.1) is 6.92 Å². The van der Waals surface area contributed by atoms with Crippen molar-refractivity contribution in [2.75, 3.05) is 28.4 Å². The van der Waals surface area contributed by atoms with Crippen molar-refractivity contribution < 1.29 is 18.9 Å². The van der Waals surface area contributed by atoms with Gasteiger partial charge in [-0.2, -0.15) is 0 Å². The summed E-state index contributed by atoms with van der Waals surface area (Å²) in [5.74, 6) is 2.78. The highest BCUT2D eigenvalue weighted by Crippen LogP contribution is 2.46. The van der Waals surface area contributed by atoms with E-state index >= 15 is 0 Å². The van der Waals surface area contributed by atoms with E-state index in [1.54, 1.807) is 28.4 Å². The molecule has 0 saturated carbocycles. The van der Waals surface area contributed by atoms with Crippen LogP contribution < -0.4 is 18.9 Å². The van der Waals surface area contributed by atoms with Crippen molar-refractivity contribution in [2.45, 2.75) is 6.92 Å². The molecule has 0 aliphatic heterocycles. The molecule has 0 unspecified atom stereocenters. The second-order valence-electron chi connectivity index (χ2n) is 5.08. The zero-order valence-corrected chi connectivity index (χ0v) is 13.4. The second-order valence-corrected chi connectivity index (χ2v) is 5.08. The third kappa shape index (κ3) is 1.93. The fourth-order valence-corrected chi connectivity index (χ4v) is 2.88. The number of rotatable bonds is 4. The summed E-state index contributed by atoms with van der Waals surface area (Å²) in [6.45, 7) is 2.04. The number of ether oxygens (including phenoxy) is 4. The van der Waals surface area contributed by atoms with Crippen LogP contribution in [-0.2, 0) is 0 Å². The maximum atomic E-state index is 5.55. The molecule has 0 fully saturated rings. The Balaban J connectivity index is 2.55. The summed E-state index contributed by atoms with van der Waals surface area (Å²) in [6.07, 6.45) is 0. The maximum Gasteiger partial charge on any atom is 0.185 e. The van der Waals surface area contributed by atoms with E-state index in [0.717, 1.165) is 38.9 Å². The van der Waals surface area contributed by atoms with Gasteiger partial charge in [-0.3, -0.25) is 0 Å². The van der Waals surface area contributed by atoms with E-state index < -0.39 is 0 Å². The number of hydrogen-bond donors (Lipinski definition) is 1. The molecule has 1 aromatic heterocycles. The average Bonchev–Trinajstić information content (AvgIpc) is 2.91. The van der Waals surface area contributed by atoms with Crippen LogP contribution in [0.3, 0.4) is 0 Å². The lowest BCUT2D eigenvalue weighted by Crippen LogP contribution is -1.93. The molecule has 0 saturated heterocycles. The van der Waals surface area contributed by atoms with E-state index in [9.17, 15) is 0 Å². The SMILES string of the molecule is COc1cc(OC)c2c([nH]c3c(OC)cc(C)cc32)c1OC. The van der Waals surface area contributed by atoms with Gasteiger partial charge >= 0.3 is 0 Å².